The number of rotatable bonds is 8. The fourth-order valence-corrected chi connectivity index (χ4v) is 4.90. The Bertz CT molecular complexity index is 1210. The third-order valence-corrected chi connectivity index (χ3v) is 6.68. The molecule has 0 spiro atoms. The molecule has 1 aromatic carbocycles. The predicted octanol–water partition coefficient (Wildman–Crippen LogP) is 3.87. The number of carboxylic acid groups (broad SMARTS) is 1. The molecule has 2 aromatic heterocycles. The quantitative estimate of drug-likeness (QED) is 0.531. The van der Waals surface area contributed by atoms with Gasteiger partial charge in [0.2, 0.25) is 0 Å². The van der Waals surface area contributed by atoms with Gasteiger partial charge in [-0.1, -0.05) is 24.3 Å². The van der Waals surface area contributed by atoms with E-state index in [0.717, 1.165) is 60.2 Å². The number of aromatic nitrogens is 2. The summed E-state index contributed by atoms with van der Waals surface area (Å²) in [6, 6.07) is 13.2. The van der Waals surface area contributed by atoms with Crippen LogP contribution in [0.15, 0.2) is 48.7 Å². The van der Waals surface area contributed by atoms with E-state index < -0.39 is 12.0 Å². The fraction of sp³-hybridized carbons (Fsp3) is 0.385. The lowest BCUT2D eigenvalue weighted by Crippen LogP contribution is -2.36. The minimum absolute atomic E-state index is 0.112. The first-order valence-corrected chi connectivity index (χ1v) is 11.9. The number of hydrogen-bond donors (Lipinski definition) is 2. The number of pyridine rings is 2. The van der Waals surface area contributed by atoms with E-state index in [1.165, 1.54) is 5.56 Å². The largest absolute Gasteiger partial charge is 0.481 e. The molecular formula is C26H29N5O3. The first kappa shape index (κ1) is 22.1. The van der Waals surface area contributed by atoms with E-state index >= 15 is 0 Å². The molecule has 2 aliphatic rings. The molecule has 1 fully saturated rings. The number of amides is 2. The zero-order valence-corrected chi connectivity index (χ0v) is 19.1. The van der Waals surface area contributed by atoms with E-state index in [2.05, 4.69) is 22.4 Å². The summed E-state index contributed by atoms with van der Waals surface area (Å²) in [4.78, 5) is 37.6. The Balaban J connectivity index is 1.24. The molecule has 3 aromatic rings. The van der Waals surface area contributed by atoms with Gasteiger partial charge < -0.3 is 20.2 Å². The summed E-state index contributed by atoms with van der Waals surface area (Å²) in [5.74, 6) is 0.0594. The number of carbonyl (C=O) groups excluding carboxylic acids is 1. The molecule has 5 rings (SSSR count). The van der Waals surface area contributed by atoms with Crippen LogP contribution in [0.5, 0.6) is 0 Å². The molecule has 0 radical (unpaired) electrons. The number of benzene rings is 1. The third-order valence-electron chi connectivity index (χ3n) is 6.68. The zero-order chi connectivity index (χ0) is 23.5. The van der Waals surface area contributed by atoms with Crippen LogP contribution in [0.2, 0.25) is 0 Å². The number of nitrogens with zero attached hydrogens (tertiary/aromatic N) is 4. The van der Waals surface area contributed by atoms with E-state index in [4.69, 9.17) is 4.98 Å². The van der Waals surface area contributed by atoms with Crippen molar-refractivity contribution in [2.24, 2.45) is 0 Å². The highest BCUT2D eigenvalue weighted by Crippen LogP contribution is 2.30. The number of anilines is 1. The van der Waals surface area contributed by atoms with Crippen molar-refractivity contribution in [3.8, 4) is 0 Å². The minimum Gasteiger partial charge on any atom is -0.481 e. The van der Waals surface area contributed by atoms with Gasteiger partial charge >= 0.3 is 12.0 Å². The molecule has 0 aliphatic carbocycles. The molecule has 176 valence electrons. The van der Waals surface area contributed by atoms with Gasteiger partial charge in [-0.05, 0) is 55.0 Å². The Morgan fingerprint density at radius 2 is 2.06 bits per heavy atom. The number of aryl methyl sites for hydroxylation is 2. The molecule has 2 aliphatic heterocycles. The summed E-state index contributed by atoms with van der Waals surface area (Å²) >= 11 is 0. The van der Waals surface area contributed by atoms with Crippen LogP contribution in [-0.4, -0.2) is 63.1 Å². The van der Waals surface area contributed by atoms with Gasteiger partial charge in [0, 0.05) is 43.5 Å². The molecular weight excluding hydrogens is 430 g/mol. The summed E-state index contributed by atoms with van der Waals surface area (Å²) in [5.41, 5.74) is 3.90. The molecule has 8 heteroatoms. The van der Waals surface area contributed by atoms with E-state index in [1.54, 1.807) is 11.1 Å². The van der Waals surface area contributed by atoms with Gasteiger partial charge in [-0.25, -0.2) is 9.78 Å². The maximum Gasteiger partial charge on any atom is 0.320 e. The maximum absolute atomic E-state index is 13.2. The van der Waals surface area contributed by atoms with Crippen molar-refractivity contribution in [1.82, 2.24) is 19.8 Å². The van der Waals surface area contributed by atoms with Gasteiger partial charge in [-0.2, -0.15) is 0 Å². The van der Waals surface area contributed by atoms with E-state index in [-0.39, 0.29) is 12.5 Å². The Morgan fingerprint density at radius 1 is 1.18 bits per heavy atom. The number of para-hydroxylation sites is 1. The Labute approximate surface area is 198 Å². The number of nitrogens with one attached hydrogen (secondary N) is 1. The van der Waals surface area contributed by atoms with Crippen molar-refractivity contribution in [3.63, 3.8) is 0 Å². The molecule has 0 unspecified atom stereocenters. The lowest BCUT2D eigenvalue weighted by atomic mass is 10.0. The predicted molar refractivity (Wildman–Crippen MR) is 130 cm³/mol. The number of hydrogen-bond acceptors (Lipinski definition) is 5. The van der Waals surface area contributed by atoms with Gasteiger partial charge in [0.25, 0.3) is 0 Å². The highest BCUT2D eigenvalue weighted by molar-refractivity contribution is 5.81. The normalized spacial score (nSPS) is 16.4. The molecule has 1 saturated heterocycles. The Kier molecular flexibility index (Phi) is 6.29. The Hall–Kier alpha value is -3.68. The van der Waals surface area contributed by atoms with Gasteiger partial charge in [0.05, 0.1) is 18.0 Å². The van der Waals surface area contributed by atoms with Crippen molar-refractivity contribution < 1.29 is 14.7 Å². The number of urea groups is 1. The monoisotopic (exact) mass is 459 g/mol. The smallest absolute Gasteiger partial charge is 0.320 e. The highest BCUT2D eigenvalue weighted by atomic mass is 16.4. The molecule has 4 heterocycles. The molecule has 1 atom stereocenters. The average Bonchev–Trinajstić information content (AvgIpc) is 3.22. The van der Waals surface area contributed by atoms with E-state index in [1.807, 2.05) is 35.2 Å². The number of aliphatic carboxylic acids is 1. The molecule has 2 amide bonds. The summed E-state index contributed by atoms with van der Waals surface area (Å²) in [6.07, 6.45) is 5.36. The second-order valence-electron chi connectivity index (χ2n) is 8.98. The van der Waals surface area contributed by atoms with Crippen LogP contribution in [0.3, 0.4) is 0 Å². The first-order valence-electron chi connectivity index (χ1n) is 11.9. The fourth-order valence-electron chi connectivity index (χ4n) is 4.90. The molecule has 34 heavy (non-hydrogen) atoms. The molecule has 0 saturated carbocycles. The van der Waals surface area contributed by atoms with Crippen molar-refractivity contribution >= 4 is 28.7 Å². The van der Waals surface area contributed by atoms with Crippen LogP contribution in [0.25, 0.3) is 10.9 Å². The first-order chi connectivity index (χ1) is 16.6. The van der Waals surface area contributed by atoms with Crippen LogP contribution in [0.1, 0.15) is 42.1 Å². The topological polar surface area (TPSA) is 98.7 Å². The SMILES string of the molecule is O=C(O)C[C@H](c1cnc2ccccc2c1)N1CCN(CCCc2ccc3c(n2)NCCC3)C1=O. The van der Waals surface area contributed by atoms with Crippen molar-refractivity contribution in [2.45, 2.75) is 38.1 Å². The van der Waals surface area contributed by atoms with Crippen molar-refractivity contribution in [2.75, 3.05) is 31.5 Å². The van der Waals surface area contributed by atoms with Crippen molar-refractivity contribution in [3.05, 3.63) is 65.5 Å². The van der Waals surface area contributed by atoms with Gasteiger partial charge in [-0.3, -0.25) is 9.78 Å². The molecule has 8 nitrogen and oxygen atoms in total. The summed E-state index contributed by atoms with van der Waals surface area (Å²) in [7, 11) is 0. The van der Waals surface area contributed by atoms with Gasteiger partial charge in [0.1, 0.15) is 5.82 Å². The second kappa shape index (κ2) is 9.67. The summed E-state index contributed by atoms with van der Waals surface area (Å²) in [6.45, 7) is 2.68. The van der Waals surface area contributed by atoms with Crippen molar-refractivity contribution in [1.29, 1.82) is 0 Å². The molecule has 0 bridgehead atoms. The van der Waals surface area contributed by atoms with Crippen LogP contribution >= 0.6 is 0 Å². The summed E-state index contributed by atoms with van der Waals surface area (Å²) < 4.78 is 0. The molecule has 2 N–H and O–H groups in total. The zero-order valence-electron chi connectivity index (χ0n) is 19.1. The van der Waals surface area contributed by atoms with Crippen LogP contribution in [0.4, 0.5) is 10.6 Å². The van der Waals surface area contributed by atoms with Gasteiger partial charge in [0.15, 0.2) is 0 Å². The minimum atomic E-state index is -0.934. The maximum atomic E-state index is 13.2. The number of carboxylic acids is 1. The third kappa shape index (κ3) is 4.66. The lowest BCUT2D eigenvalue weighted by Gasteiger charge is -2.27. The number of fused-ring (bicyclic) bond motifs is 2. The Morgan fingerprint density at radius 3 is 2.94 bits per heavy atom. The van der Waals surface area contributed by atoms with E-state index in [0.29, 0.717) is 19.6 Å². The van der Waals surface area contributed by atoms with Crippen LogP contribution < -0.4 is 5.32 Å². The van der Waals surface area contributed by atoms with Crippen LogP contribution in [-0.2, 0) is 17.6 Å². The standard InChI is InChI=1S/C26H29N5O3/c32-24(33)16-23(20-15-19-5-1-2-8-22(19)28-17-20)31-14-13-30(26(31)34)12-4-7-21-10-9-18-6-3-11-27-25(18)29-21/h1-2,5,8-10,15,17,23H,3-4,6-7,11-14,16H2,(H,27,29)(H,32,33)/t23-/m1/s1. The number of carbonyl (C=O) groups is 2. The van der Waals surface area contributed by atoms with E-state index in [9.17, 15) is 14.7 Å². The van der Waals surface area contributed by atoms with Crippen LogP contribution in [0, 0.1) is 0 Å². The second-order valence-corrected chi connectivity index (χ2v) is 8.98. The highest BCUT2D eigenvalue weighted by Gasteiger charge is 2.35. The average molecular weight is 460 g/mol. The summed E-state index contributed by atoms with van der Waals surface area (Å²) in [5, 5.41) is 13.8. The van der Waals surface area contributed by atoms with Gasteiger partial charge in [-0.15, -0.1) is 0 Å². The lowest BCUT2D eigenvalue weighted by molar-refractivity contribution is -0.138.